The van der Waals surface area contributed by atoms with Crippen molar-refractivity contribution in [2.75, 3.05) is 26.2 Å². The van der Waals surface area contributed by atoms with Crippen LogP contribution in [0.1, 0.15) is 54.9 Å². The minimum Gasteiger partial charge on any atom is -0.352 e. The van der Waals surface area contributed by atoms with E-state index in [2.05, 4.69) is 29.3 Å². The van der Waals surface area contributed by atoms with Crippen LogP contribution in [0.3, 0.4) is 0 Å². The third-order valence-corrected chi connectivity index (χ3v) is 4.14. The van der Waals surface area contributed by atoms with Crippen molar-refractivity contribution in [3.8, 4) is 0 Å². The van der Waals surface area contributed by atoms with Gasteiger partial charge >= 0.3 is 0 Å². The average Bonchev–Trinajstić information content (AvgIpc) is 2.53. The first-order chi connectivity index (χ1) is 10.3. The molecular formula is C18H28N2O. The molecule has 0 spiro atoms. The molecule has 1 aliphatic rings. The number of carbonyl (C=O) groups excluding carboxylic acids is 1. The van der Waals surface area contributed by atoms with Gasteiger partial charge in [0.15, 0.2) is 0 Å². The van der Waals surface area contributed by atoms with Crippen molar-refractivity contribution in [1.82, 2.24) is 10.2 Å². The number of hydrogen-bond acceptors (Lipinski definition) is 2. The molecule has 1 saturated heterocycles. The summed E-state index contributed by atoms with van der Waals surface area (Å²) in [5.41, 5.74) is 2.08. The van der Waals surface area contributed by atoms with Crippen LogP contribution >= 0.6 is 0 Å². The molecule has 2 rings (SSSR count). The van der Waals surface area contributed by atoms with Crippen LogP contribution < -0.4 is 5.32 Å². The second-order valence-electron chi connectivity index (χ2n) is 5.96. The highest BCUT2D eigenvalue weighted by atomic mass is 16.1. The number of nitrogens with one attached hydrogen (secondary N) is 1. The topological polar surface area (TPSA) is 32.3 Å². The van der Waals surface area contributed by atoms with E-state index in [1.807, 2.05) is 12.1 Å². The molecule has 1 amide bonds. The Labute approximate surface area is 128 Å². The van der Waals surface area contributed by atoms with Crippen molar-refractivity contribution in [1.29, 1.82) is 0 Å². The molecule has 1 N–H and O–H groups in total. The van der Waals surface area contributed by atoms with Gasteiger partial charge in [-0.3, -0.25) is 4.79 Å². The van der Waals surface area contributed by atoms with Gasteiger partial charge in [-0.05, 0) is 63.0 Å². The minimum absolute atomic E-state index is 0.0525. The summed E-state index contributed by atoms with van der Waals surface area (Å²) >= 11 is 0. The predicted molar refractivity (Wildman–Crippen MR) is 87.7 cm³/mol. The van der Waals surface area contributed by atoms with E-state index in [0.717, 1.165) is 37.9 Å². The summed E-state index contributed by atoms with van der Waals surface area (Å²) in [5, 5.41) is 3.02. The molecule has 0 atom stereocenters. The van der Waals surface area contributed by atoms with Gasteiger partial charge in [0.1, 0.15) is 0 Å². The van der Waals surface area contributed by atoms with Crippen LogP contribution in [0, 0.1) is 0 Å². The summed E-state index contributed by atoms with van der Waals surface area (Å²) in [7, 11) is 0. The van der Waals surface area contributed by atoms with E-state index in [-0.39, 0.29) is 5.91 Å². The Morgan fingerprint density at radius 2 is 1.86 bits per heavy atom. The van der Waals surface area contributed by atoms with E-state index in [1.54, 1.807) is 0 Å². The Kier molecular flexibility index (Phi) is 6.74. The summed E-state index contributed by atoms with van der Waals surface area (Å²) in [6, 6.07) is 7.99. The van der Waals surface area contributed by atoms with Gasteiger partial charge in [0, 0.05) is 12.1 Å². The number of amides is 1. The van der Waals surface area contributed by atoms with Crippen LogP contribution in [0.25, 0.3) is 0 Å². The first kappa shape index (κ1) is 16.0. The van der Waals surface area contributed by atoms with Gasteiger partial charge < -0.3 is 10.2 Å². The lowest BCUT2D eigenvalue weighted by molar-refractivity contribution is 0.0951. The number of aryl methyl sites for hydroxylation is 1. The van der Waals surface area contributed by atoms with Gasteiger partial charge in [0.05, 0.1) is 0 Å². The van der Waals surface area contributed by atoms with Crippen LogP contribution in [0.2, 0.25) is 0 Å². The van der Waals surface area contributed by atoms with Gasteiger partial charge in [0.2, 0.25) is 0 Å². The number of hydrogen-bond donors (Lipinski definition) is 1. The van der Waals surface area contributed by atoms with Gasteiger partial charge in [-0.15, -0.1) is 0 Å². The number of likely N-dealkylation sites (tertiary alicyclic amines) is 1. The average molecular weight is 288 g/mol. The molecule has 1 fully saturated rings. The molecule has 0 radical (unpaired) electrons. The summed E-state index contributed by atoms with van der Waals surface area (Å²) in [5.74, 6) is 0.0525. The first-order valence-corrected chi connectivity index (χ1v) is 8.39. The van der Waals surface area contributed by atoms with Crippen LogP contribution in [0.4, 0.5) is 0 Å². The highest BCUT2D eigenvalue weighted by Crippen LogP contribution is 2.09. The second kappa shape index (κ2) is 8.83. The molecule has 0 unspecified atom stereocenters. The van der Waals surface area contributed by atoms with E-state index in [4.69, 9.17) is 0 Å². The Balaban J connectivity index is 1.66. The molecule has 1 aromatic carbocycles. The molecule has 1 aliphatic heterocycles. The van der Waals surface area contributed by atoms with Crippen LogP contribution in [0.5, 0.6) is 0 Å². The lowest BCUT2D eigenvalue weighted by Crippen LogP contribution is -2.33. The number of carbonyl (C=O) groups is 1. The minimum atomic E-state index is 0.0525. The molecule has 3 heteroatoms. The number of piperidine rings is 1. The van der Waals surface area contributed by atoms with Crippen molar-refractivity contribution in [3.05, 3.63) is 35.4 Å². The molecule has 116 valence electrons. The van der Waals surface area contributed by atoms with Gasteiger partial charge in [0.25, 0.3) is 5.91 Å². The normalized spacial score (nSPS) is 15.9. The zero-order chi connectivity index (χ0) is 14.9. The second-order valence-corrected chi connectivity index (χ2v) is 5.96. The maximum absolute atomic E-state index is 12.0. The SMILES string of the molecule is CCCc1ccc(C(=O)NCCCN2CCCCC2)cc1. The Hall–Kier alpha value is -1.35. The van der Waals surface area contributed by atoms with E-state index in [1.165, 1.54) is 37.9 Å². The highest BCUT2D eigenvalue weighted by Gasteiger charge is 2.09. The zero-order valence-electron chi connectivity index (χ0n) is 13.2. The van der Waals surface area contributed by atoms with Gasteiger partial charge in [-0.2, -0.15) is 0 Å². The lowest BCUT2D eigenvalue weighted by Gasteiger charge is -2.26. The third-order valence-electron chi connectivity index (χ3n) is 4.14. The smallest absolute Gasteiger partial charge is 0.251 e. The monoisotopic (exact) mass is 288 g/mol. The summed E-state index contributed by atoms with van der Waals surface area (Å²) in [4.78, 5) is 14.5. The Bertz CT molecular complexity index is 421. The van der Waals surface area contributed by atoms with Crippen molar-refractivity contribution >= 4 is 5.91 Å². The molecule has 1 heterocycles. The number of rotatable bonds is 7. The maximum atomic E-state index is 12.0. The largest absolute Gasteiger partial charge is 0.352 e. The Morgan fingerprint density at radius 3 is 2.52 bits per heavy atom. The van der Waals surface area contributed by atoms with Crippen LogP contribution in [0.15, 0.2) is 24.3 Å². The number of nitrogens with zero attached hydrogens (tertiary/aromatic N) is 1. The maximum Gasteiger partial charge on any atom is 0.251 e. The van der Waals surface area contributed by atoms with Crippen LogP contribution in [-0.2, 0) is 6.42 Å². The van der Waals surface area contributed by atoms with Gasteiger partial charge in [-0.25, -0.2) is 0 Å². The summed E-state index contributed by atoms with van der Waals surface area (Å²) < 4.78 is 0. The van der Waals surface area contributed by atoms with E-state index < -0.39 is 0 Å². The first-order valence-electron chi connectivity index (χ1n) is 8.39. The third kappa shape index (κ3) is 5.50. The lowest BCUT2D eigenvalue weighted by atomic mass is 10.1. The summed E-state index contributed by atoms with van der Waals surface area (Å²) in [6.45, 7) is 6.50. The molecule has 0 aromatic heterocycles. The molecule has 0 saturated carbocycles. The molecule has 1 aromatic rings. The van der Waals surface area contributed by atoms with Crippen molar-refractivity contribution in [2.24, 2.45) is 0 Å². The zero-order valence-corrected chi connectivity index (χ0v) is 13.2. The molecule has 0 aliphatic carbocycles. The fraction of sp³-hybridized carbons (Fsp3) is 0.611. The molecule has 0 bridgehead atoms. The predicted octanol–water partition coefficient (Wildman–Crippen LogP) is 3.24. The fourth-order valence-corrected chi connectivity index (χ4v) is 2.90. The van der Waals surface area contributed by atoms with Crippen LogP contribution in [-0.4, -0.2) is 37.0 Å². The van der Waals surface area contributed by atoms with E-state index >= 15 is 0 Å². The standard InChI is InChI=1S/C18H28N2O/c1-2-7-16-8-10-17(11-9-16)18(21)19-12-6-15-20-13-4-3-5-14-20/h8-11H,2-7,12-15H2,1H3,(H,19,21). The highest BCUT2D eigenvalue weighted by molar-refractivity contribution is 5.94. The molecule has 21 heavy (non-hydrogen) atoms. The Morgan fingerprint density at radius 1 is 1.14 bits per heavy atom. The molecular weight excluding hydrogens is 260 g/mol. The number of benzene rings is 1. The molecule has 3 nitrogen and oxygen atoms in total. The fourth-order valence-electron chi connectivity index (χ4n) is 2.90. The van der Waals surface area contributed by atoms with Gasteiger partial charge in [-0.1, -0.05) is 31.9 Å². The van der Waals surface area contributed by atoms with Crippen molar-refractivity contribution in [2.45, 2.75) is 45.4 Å². The van der Waals surface area contributed by atoms with Crippen molar-refractivity contribution in [3.63, 3.8) is 0 Å². The van der Waals surface area contributed by atoms with E-state index in [9.17, 15) is 4.79 Å². The quantitative estimate of drug-likeness (QED) is 0.781. The van der Waals surface area contributed by atoms with Crippen molar-refractivity contribution < 1.29 is 4.79 Å². The summed E-state index contributed by atoms with van der Waals surface area (Å²) in [6.07, 6.45) is 7.30. The van der Waals surface area contributed by atoms with E-state index in [0.29, 0.717) is 0 Å².